The first kappa shape index (κ1) is 19.5. The molecule has 1 aliphatic rings. The summed E-state index contributed by atoms with van der Waals surface area (Å²) in [5, 5.41) is 2.73. The highest BCUT2D eigenvalue weighted by Gasteiger charge is 2.42. The van der Waals surface area contributed by atoms with Crippen molar-refractivity contribution in [2.75, 3.05) is 6.61 Å². The summed E-state index contributed by atoms with van der Waals surface area (Å²) in [6.45, 7) is 10.8. The van der Waals surface area contributed by atoms with Gasteiger partial charge in [-0.15, -0.1) is 0 Å². The predicted octanol–water partition coefficient (Wildman–Crippen LogP) is 2.30. The number of nitrogens with two attached hydrogens (primary N) is 1. The van der Waals surface area contributed by atoms with Gasteiger partial charge in [0.25, 0.3) is 0 Å². The second-order valence-corrected chi connectivity index (χ2v) is 9.99. The second-order valence-electron chi connectivity index (χ2n) is 7.87. The van der Waals surface area contributed by atoms with Crippen molar-refractivity contribution >= 4 is 21.6 Å². The van der Waals surface area contributed by atoms with Crippen LogP contribution in [0.5, 0.6) is 5.75 Å². The molecule has 0 atom stereocenters. The van der Waals surface area contributed by atoms with E-state index in [0.717, 1.165) is 12.8 Å². The van der Waals surface area contributed by atoms with Crippen molar-refractivity contribution in [3.05, 3.63) is 23.2 Å². The zero-order chi connectivity index (χ0) is 18.2. The van der Waals surface area contributed by atoms with Gasteiger partial charge in [-0.1, -0.05) is 11.6 Å². The molecule has 1 aromatic rings. The molecule has 0 aromatic heterocycles. The third-order valence-corrected chi connectivity index (χ3v) is 5.99. The number of halogens is 1. The van der Waals surface area contributed by atoms with Crippen LogP contribution >= 0.6 is 11.6 Å². The summed E-state index contributed by atoms with van der Waals surface area (Å²) in [7, 11) is -3.62. The van der Waals surface area contributed by atoms with E-state index in [4.69, 9.17) is 16.3 Å². The van der Waals surface area contributed by atoms with E-state index in [2.05, 4.69) is 37.7 Å². The van der Waals surface area contributed by atoms with Crippen molar-refractivity contribution in [1.29, 1.82) is 0 Å². The number of hydrogen-bond donors (Lipinski definition) is 2. The highest BCUT2D eigenvalue weighted by Crippen LogP contribution is 2.29. The first-order valence-electron chi connectivity index (χ1n) is 8.26. The summed E-state index contributed by atoms with van der Waals surface area (Å²) in [5.74, 6) is 0.389. The molecule has 1 fully saturated rings. The molecule has 136 valence electrons. The lowest BCUT2D eigenvalue weighted by Gasteiger charge is -2.43. The van der Waals surface area contributed by atoms with Gasteiger partial charge >= 0.3 is 0 Å². The van der Waals surface area contributed by atoms with Gasteiger partial charge in [-0.3, -0.25) is 0 Å². The van der Waals surface area contributed by atoms with E-state index >= 15 is 0 Å². The summed E-state index contributed by atoms with van der Waals surface area (Å²) in [4.78, 5) is 0.181. The number of benzene rings is 1. The quantitative estimate of drug-likeness (QED) is 0.829. The van der Waals surface area contributed by atoms with Crippen LogP contribution in [0.2, 0.25) is 5.02 Å². The monoisotopic (exact) mass is 375 g/mol. The molecule has 1 aliphatic heterocycles. The maximum atomic E-state index is 12.8. The molecular weight excluding hydrogens is 348 g/mol. The molecule has 1 heterocycles. The largest absolute Gasteiger partial charge is 0.492 e. The molecule has 2 rings (SSSR count). The van der Waals surface area contributed by atoms with Crippen LogP contribution in [0.3, 0.4) is 0 Å². The molecule has 0 aliphatic carbocycles. The summed E-state index contributed by atoms with van der Waals surface area (Å²) < 4.78 is 33.8. The number of ether oxygens (including phenoxy) is 1. The Labute approximate surface area is 150 Å². The van der Waals surface area contributed by atoms with Crippen molar-refractivity contribution < 1.29 is 18.5 Å². The zero-order valence-corrected chi connectivity index (χ0v) is 16.6. The Bertz CT molecular complexity index is 686. The van der Waals surface area contributed by atoms with Gasteiger partial charge in [-0.2, -0.15) is 0 Å². The van der Waals surface area contributed by atoms with Crippen LogP contribution in [0.1, 0.15) is 47.5 Å². The van der Waals surface area contributed by atoms with Crippen LogP contribution in [0, 0.1) is 0 Å². The van der Waals surface area contributed by atoms with E-state index in [1.807, 2.05) is 6.92 Å². The third kappa shape index (κ3) is 4.85. The van der Waals surface area contributed by atoms with Crippen molar-refractivity contribution in [3.63, 3.8) is 0 Å². The van der Waals surface area contributed by atoms with Crippen molar-refractivity contribution in [3.8, 4) is 5.75 Å². The lowest BCUT2D eigenvalue weighted by Crippen LogP contribution is -3.06. The van der Waals surface area contributed by atoms with Gasteiger partial charge in [0.1, 0.15) is 5.75 Å². The third-order valence-electron chi connectivity index (χ3n) is 4.16. The van der Waals surface area contributed by atoms with Crippen LogP contribution in [-0.2, 0) is 10.0 Å². The van der Waals surface area contributed by atoms with E-state index in [1.54, 1.807) is 6.07 Å². The van der Waals surface area contributed by atoms with Crippen LogP contribution in [0.4, 0.5) is 0 Å². The molecule has 1 aromatic carbocycles. The molecule has 0 bridgehead atoms. The SMILES string of the molecule is CCOc1cc(S(=O)(=O)NC2CC(C)(C)[NH2+]C(C)(C)C2)ccc1Cl. The standard InChI is InChI=1S/C17H27ClN2O3S/c1-6-23-15-9-13(7-8-14(15)18)24(21,22)19-12-10-16(2,3)20-17(4,5)11-12/h7-9,12,19-20H,6,10-11H2,1-5H3/p+1. The minimum Gasteiger partial charge on any atom is -0.492 e. The average molecular weight is 376 g/mol. The molecule has 0 saturated carbocycles. The first-order valence-corrected chi connectivity index (χ1v) is 10.1. The molecule has 0 spiro atoms. The Balaban J connectivity index is 2.23. The fraction of sp³-hybridized carbons (Fsp3) is 0.647. The number of nitrogens with one attached hydrogen (secondary N) is 1. The van der Waals surface area contributed by atoms with Gasteiger partial charge in [0.2, 0.25) is 10.0 Å². The topological polar surface area (TPSA) is 72.0 Å². The number of sulfonamides is 1. The van der Waals surface area contributed by atoms with E-state index in [-0.39, 0.29) is 22.0 Å². The van der Waals surface area contributed by atoms with Gasteiger partial charge < -0.3 is 10.1 Å². The Hall–Kier alpha value is -0.820. The highest BCUT2D eigenvalue weighted by atomic mass is 35.5. The Morgan fingerprint density at radius 1 is 1.25 bits per heavy atom. The summed E-state index contributed by atoms with van der Waals surface area (Å²) in [6.07, 6.45) is 1.56. The van der Waals surface area contributed by atoms with E-state index < -0.39 is 10.0 Å². The lowest BCUT2D eigenvalue weighted by atomic mass is 9.80. The minimum atomic E-state index is -3.62. The summed E-state index contributed by atoms with van der Waals surface area (Å²) in [5.41, 5.74) is -0.0170. The first-order chi connectivity index (χ1) is 10.9. The molecule has 7 heteroatoms. The van der Waals surface area contributed by atoms with E-state index in [9.17, 15) is 8.42 Å². The fourth-order valence-corrected chi connectivity index (χ4v) is 5.23. The van der Waals surface area contributed by atoms with Gasteiger partial charge in [0, 0.05) is 24.9 Å². The average Bonchev–Trinajstić information content (AvgIpc) is 2.36. The molecule has 0 unspecified atom stereocenters. The van der Waals surface area contributed by atoms with Crippen LogP contribution < -0.4 is 14.8 Å². The molecule has 0 radical (unpaired) electrons. The molecule has 5 nitrogen and oxygen atoms in total. The number of hydrogen-bond acceptors (Lipinski definition) is 3. The van der Waals surface area contributed by atoms with Crippen molar-refractivity contribution in [2.24, 2.45) is 0 Å². The molecule has 3 N–H and O–H groups in total. The Morgan fingerprint density at radius 3 is 2.38 bits per heavy atom. The Kier molecular flexibility index (Phi) is 5.55. The fourth-order valence-electron chi connectivity index (χ4n) is 3.81. The van der Waals surface area contributed by atoms with Crippen molar-refractivity contribution in [1.82, 2.24) is 4.72 Å². The predicted molar refractivity (Wildman–Crippen MR) is 96.0 cm³/mol. The normalized spacial score (nSPS) is 20.8. The molecule has 0 amide bonds. The van der Waals surface area contributed by atoms with Gasteiger partial charge in [-0.25, -0.2) is 13.1 Å². The lowest BCUT2D eigenvalue weighted by molar-refractivity contribution is -0.787. The van der Waals surface area contributed by atoms with E-state index in [1.165, 1.54) is 12.1 Å². The highest BCUT2D eigenvalue weighted by molar-refractivity contribution is 7.89. The number of rotatable bonds is 5. The summed E-state index contributed by atoms with van der Waals surface area (Å²) in [6, 6.07) is 4.46. The van der Waals surface area contributed by atoms with Crippen molar-refractivity contribution in [2.45, 2.75) is 69.5 Å². The van der Waals surface area contributed by atoms with Gasteiger partial charge in [0.15, 0.2) is 0 Å². The zero-order valence-electron chi connectivity index (χ0n) is 15.0. The maximum Gasteiger partial charge on any atom is 0.240 e. The molecule has 24 heavy (non-hydrogen) atoms. The van der Waals surface area contributed by atoms with Crippen LogP contribution in [-0.4, -0.2) is 32.1 Å². The van der Waals surface area contributed by atoms with Gasteiger partial charge in [-0.05, 0) is 46.8 Å². The maximum absolute atomic E-state index is 12.8. The molecular formula is C17H28ClN2O3S+. The Morgan fingerprint density at radius 2 is 1.83 bits per heavy atom. The summed E-state index contributed by atoms with van der Waals surface area (Å²) >= 11 is 6.05. The smallest absolute Gasteiger partial charge is 0.240 e. The van der Waals surface area contributed by atoms with Crippen LogP contribution in [0.15, 0.2) is 23.1 Å². The van der Waals surface area contributed by atoms with E-state index in [0.29, 0.717) is 17.4 Å². The minimum absolute atomic E-state index is 0.00852. The number of piperidine rings is 1. The number of quaternary nitrogens is 1. The van der Waals surface area contributed by atoms with Crippen LogP contribution in [0.25, 0.3) is 0 Å². The second kappa shape index (κ2) is 6.83. The van der Waals surface area contributed by atoms with Gasteiger partial charge in [0.05, 0.1) is 27.6 Å². The molecule has 1 saturated heterocycles.